The summed E-state index contributed by atoms with van der Waals surface area (Å²) in [6.45, 7) is 4.40. The standard InChI is InChI=1S/C16H21N3O3S/c1-12(2)19-9-3-4-15(19)16(20)18-10-13-5-7-14(8-6-13)11-23(17,21)22/h3-9,12H,10-11H2,1-2H3,(H,18,20)(H2,17,21,22). The van der Waals surface area contributed by atoms with Crippen LogP contribution in [0.15, 0.2) is 42.6 Å². The molecule has 124 valence electrons. The number of nitrogens with one attached hydrogen (secondary N) is 1. The maximum atomic E-state index is 12.2. The quantitative estimate of drug-likeness (QED) is 0.842. The summed E-state index contributed by atoms with van der Waals surface area (Å²) in [7, 11) is -3.53. The number of sulfonamides is 1. The highest BCUT2D eigenvalue weighted by molar-refractivity contribution is 7.88. The van der Waals surface area contributed by atoms with Gasteiger partial charge in [0, 0.05) is 18.8 Å². The van der Waals surface area contributed by atoms with E-state index in [0.29, 0.717) is 17.8 Å². The molecule has 0 radical (unpaired) electrons. The van der Waals surface area contributed by atoms with Crippen LogP contribution >= 0.6 is 0 Å². The third kappa shape index (κ3) is 4.94. The average molecular weight is 335 g/mol. The molecule has 0 saturated carbocycles. The minimum atomic E-state index is -3.53. The van der Waals surface area contributed by atoms with Crippen LogP contribution in [0.3, 0.4) is 0 Å². The molecule has 1 heterocycles. The minimum Gasteiger partial charge on any atom is -0.347 e. The van der Waals surface area contributed by atoms with Crippen LogP contribution in [0, 0.1) is 0 Å². The van der Waals surface area contributed by atoms with Crippen LogP contribution in [-0.4, -0.2) is 18.9 Å². The summed E-state index contributed by atoms with van der Waals surface area (Å²) in [5, 5.41) is 7.87. The van der Waals surface area contributed by atoms with Gasteiger partial charge in [-0.2, -0.15) is 0 Å². The molecular weight excluding hydrogens is 314 g/mol. The lowest BCUT2D eigenvalue weighted by molar-refractivity contribution is 0.0940. The first-order valence-corrected chi connectivity index (χ1v) is 9.01. The van der Waals surface area contributed by atoms with Crippen LogP contribution in [0.5, 0.6) is 0 Å². The van der Waals surface area contributed by atoms with E-state index in [0.717, 1.165) is 5.56 Å². The summed E-state index contributed by atoms with van der Waals surface area (Å²) in [5.41, 5.74) is 2.13. The molecule has 0 unspecified atom stereocenters. The summed E-state index contributed by atoms with van der Waals surface area (Å²) in [4.78, 5) is 12.2. The minimum absolute atomic E-state index is 0.141. The molecule has 1 aromatic heterocycles. The molecule has 0 saturated heterocycles. The van der Waals surface area contributed by atoms with E-state index in [1.165, 1.54) is 0 Å². The number of hydrogen-bond donors (Lipinski definition) is 2. The van der Waals surface area contributed by atoms with Gasteiger partial charge >= 0.3 is 0 Å². The fraction of sp³-hybridized carbons (Fsp3) is 0.312. The van der Waals surface area contributed by atoms with Crippen LogP contribution in [0.4, 0.5) is 0 Å². The summed E-state index contributed by atoms with van der Waals surface area (Å²) in [6, 6.07) is 10.8. The number of nitrogens with two attached hydrogens (primary N) is 1. The Kier molecular flexibility index (Phi) is 5.23. The second kappa shape index (κ2) is 6.97. The number of carbonyl (C=O) groups is 1. The van der Waals surface area contributed by atoms with E-state index in [9.17, 15) is 13.2 Å². The molecule has 3 N–H and O–H groups in total. The maximum Gasteiger partial charge on any atom is 0.268 e. The highest BCUT2D eigenvalue weighted by Crippen LogP contribution is 2.11. The second-order valence-electron chi connectivity index (χ2n) is 5.70. The predicted molar refractivity (Wildman–Crippen MR) is 89.2 cm³/mol. The molecule has 0 spiro atoms. The number of carbonyl (C=O) groups excluding carboxylic acids is 1. The van der Waals surface area contributed by atoms with Crippen molar-refractivity contribution in [2.75, 3.05) is 0 Å². The summed E-state index contributed by atoms with van der Waals surface area (Å²) in [6.07, 6.45) is 1.88. The van der Waals surface area contributed by atoms with E-state index in [2.05, 4.69) is 5.32 Å². The van der Waals surface area contributed by atoms with Crippen molar-refractivity contribution in [1.82, 2.24) is 9.88 Å². The van der Waals surface area contributed by atoms with Crippen molar-refractivity contribution >= 4 is 15.9 Å². The van der Waals surface area contributed by atoms with E-state index in [1.807, 2.05) is 30.7 Å². The zero-order valence-electron chi connectivity index (χ0n) is 13.2. The Morgan fingerprint density at radius 3 is 2.35 bits per heavy atom. The predicted octanol–water partition coefficient (Wildman–Crippen LogP) is 1.79. The summed E-state index contributed by atoms with van der Waals surface area (Å²) < 4.78 is 24.0. The molecule has 2 rings (SSSR count). The molecule has 1 aromatic carbocycles. The highest BCUT2D eigenvalue weighted by atomic mass is 32.2. The first kappa shape index (κ1) is 17.2. The lowest BCUT2D eigenvalue weighted by Gasteiger charge is -2.13. The van der Waals surface area contributed by atoms with E-state index in [-0.39, 0.29) is 17.7 Å². The van der Waals surface area contributed by atoms with Gasteiger partial charge in [-0.1, -0.05) is 24.3 Å². The maximum absolute atomic E-state index is 12.2. The van der Waals surface area contributed by atoms with E-state index in [4.69, 9.17) is 5.14 Å². The van der Waals surface area contributed by atoms with Crippen molar-refractivity contribution in [3.63, 3.8) is 0 Å². The Labute approximate surface area is 136 Å². The zero-order chi connectivity index (χ0) is 17.0. The average Bonchev–Trinajstić information content (AvgIpc) is 2.94. The van der Waals surface area contributed by atoms with Crippen LogP contribution in [0.2, 0.25) is 0 Å². The van der Waals surface area contributed by atoms with Crippen molar-refractivity contribution in [3.05, 3.63) is 59.4 Å². The van der Waals surface area contributed by atoms with Crippen molar-refractivity contribution < 1.29 is 13.2 Å². The number of amides is 1. The molecule has 6 nitrogen and oxygen atoms in total. The normalized spacial score (nSPS) is 11.7. The molecule has 0 bridgehead atoms. The van der Waals surface area contributed by atoms with Gasteiger partial charge < -0.3 is 9.88 Å². The van der Waals surface area contributed by atoms with Crippen molar-refractivity contribution in [2.24, 2.45) is 5.14 Å². The van der Waals surface area contributed by atoms with Gasteiger partial charge in [-0.05, 0) is 37.1 Å². The van der Waals surface area contributed by atoms with Crippen LogP contribution in [0.25, 0.3) is 0 Å². The smallest absolute Gasteiger partial charge is 0.268 e. The van der Waals surface area contributed by atoms with Gasteiger partial charge in [0.2, 0.25) is 10.0 Å². The molecule has 23 heavy (non-hydrogen) atoms. The van der Waals surface area contributed by atoms with E-state index < -0.39 is 10.0 Å². The van der Waals surface area contributed by atoms with Crippen LogP contribution in [0.1, 0.15) is 41.5 Å². The van der Waals surface area contributed by atoms with Crippen molar-refractivity contribution in [1.29, 1.82) is 0 Å². The third-order valence-electron chi connectivity index (χ3n) is 3.41. The fourth-order valence-corrected chi connectivity index (χ4v) is 2.95. The molecule has 0 aliphatic heterocycles. The molecule has 0 aliphatic rings. The van der Waals surface area contributed by atoms with Gasteiger partial charge in [0.05, 0.1) is 5.75 Å². The van der Waals surface area contributed by atoms with Gasteiger partial charge in [-0.25, -0.2) is 13.6 Å². The Morgan fingerprint density at radius 1 is 1.17 bits per heavy atom. The number of aromatic nitrogens is 1. The number of rotatable bonds is 6. The molecule has 0 fully saturated rings. The van der Waals surface area contributed by atoms with Gasteiger partial charge in [0.1, 0.15) is 5.69 Å². The molecule has 0 aliphatic carbocycles. The molecule has 7 heteroatoms. The van der Waals surface area contributed by atoms with Gasteiger partial charge in [-0.3, -0.25) is 4.79 Å². The van der Waals surface area contributed by atoms with Crippen molar-refractivity contribution in [2.45, 2.75) is 32.2 Å². The van der Waals surface area contributed by atoms with Crippen LogP contribution in [-0.2, 0) is 22.3 Å². The summed E-state index contributed by atoms with van der Waals surface area (Å²) in [5.74, 6) is -0.334. The topological polar surface area (TPSA) is 94.2 Å². The largest absolute Gasteiger partial charge is 0.347 e. The van der Waals surface area contributed by atoms with Crippen molar-refractivity contribution in [3.8, 4) is 0 Å². The Hall–Kier alpha value is -2.12. The highest BCUT2D eigenvalue weighted by Gasteiger charge is 2.12. The SMILES string of the molecule is CC(C)n1cccc1C(=O)NCc1ccc(CS(N)(=O)=O)cc1. The lowest BCUT2D eigenvalue weighted by atomic mass is 10.1. The molecule has 1 amide bonds. The first-order chi connectivity index (χ1) is 10.8. The summed E-state index contributed by atoms with van der Waals surface area (Å²) >= 11 is 0. The number of primary sulfonamides is 1. The Morgan fingerprint density at radius 2 is 1.78 bits per heavy atom. The fourth-order valence-electron chi connectivity index (χ4n) is 2.30. The lowest BCUT2D eigenvalue weighted by Crippen LogP contribution is -2.25. The third-order valence-corrected chi connectivity index (χ3v) is 4.15. The van der Waals surface area contributed by atoms with E-state index in [1.54, 1.807) is 30.3 Å². The van der Waals surface area contributed by atoms with Gasteiger partial charge in [0.15, 0.2) is 0 Å². The molecule has 2 aromatic rings. The van der Waals surface area contributed by atoms with E-state index >= 15 is 0 Å². The number of benzene rings is 1. The number of nitrogens with zero attached hydrogens (tertiary/aromatic N) is 1. The zero-order valence-corrected chi connectivity index (χ0v) is 14.0. The second-order valence-corrected chi connectivity index (χ2v) is 7.32. The number of hydrogen-bond acceptors (Lipinski definition) is 3. The van der Waals surface area contributed by atoms with Gasteiger partial charge in [0.25, 0.3) is 5.91 Å². The Balaban J connectivity index is 1.98. The Bertz CT molecular complexity index is 777. The molecule has 0 atom stereocenters. The van der Waals surface area contributed by atoms with Crippen LogP contribution < -0.4 is 10.5 Å². The monoisotopic (exact) mass is 335 g/mol. The van der Waals surface area contributed by atoms with Gasteiger partial charge in [-0.15, -0.1) is 0 Å². The first-order valence-electron chi connectivity index (χ1n) is 7.29. The molecular formula is C16H21N3O3S.